The lowest BCUT2D eigenvalue weighted by molar-refractivity contribution is -0.138. The van der Waals surface area contributed by atoms with Crippen LogP contribution in [0.5, 0.6) is 0 Å². The van der Waals surface area contributed by atoms with E-state index in [1.54, 1.807) is 26.1 Å². The van der Waals surface area contributed by atoms with Crippen LogP contribution in [0.4, 0.5) is 5.69 Å². The Labute approximate surface area is 98.7 Å². The zero-order valence-electron chi connectivity index (χ0n) is 8.94. The molecule has 1 atom stereocenters. The minimum atomic E-state index is -0.943. The molecule has 0 amide bonds. The highest BCUT2D eigenvalue weighted by Crippen LogP contribution is 2.24. The highest BCUT2D eigenvalue weighted by Gasteiger charge is 2.19. The van der Waals surface area contributed by atoms with Gasteiger partial charge in [-0.2, -0.15) is 5.26 Å². The van der Waals surface area contributed by atoms with Crippen molar-refractivity contribution in [2.24, 2.45) is 0 Å². The van der Waals surface area contributed by atoms with Crippen LogP contribution in [-0.2, 0) is 4.79 Å². The molecule has 0 aromatic heterocycles. The Morgan fingerprint density at radius 3 is 2.75 bits per heavy atom. The molecule has 1 aromatic carbocycles. The van der Waals surface area contributed by atoms with Crippen LogP contribution in [0.15, 0.2) is 18.2 Å². The summed E-state index contributed by atoms with van der Waals surface area (Å²) in [6, 6.07) is 6.07. The van der Waals surface area contributed by atoms with Gasteiger partial charge in [0.2, 0.25) is 0 Å². The van der Waals surface area contributed by atoms with E-state index in [2.05, 4.69) is 0 Å². The molecule has 1 rings (SSSR count). The Kier molecular flexibility index (Phi) is 3.75. The molecule has 4 nitrogen and oxygen atoms in total. The first-order chi connectivity index (χ1) is 7.47. The van der Waals surface area contributed by atoms with E-state index in [9.17, 15) is 4.79 Å². The fourth-order valence-electron chi connectivity index (χ4n) is 1.28. The van der Waals surface area contributed by atoms with Gasteiger partial charge in [0, 0.05) is 12.1 Å². The molecule has 0 fully saturated rings. The second-order valence-electron chi connectivity index (χ2n) is 3.40. The number of nitrogens with zero attached hydrogens (tertiary/aromatic N) is 2. The molecular formula is C11H11ClN2O2. The maximum atomic E-state index is 10.8. The number of hydrogen-bond acceptors (Lipinski definition) is 3. The van der Waals surface area contributed by atoms with Gasteiger partial charge in [0.25, 0.3) is 0 Å². The van der Waals surface area contributed by atoms with Crippen molar-refractivity contribution in [3.8, 4) is 6.07 Å². The largest absolute Gasteiger partial charge is 0.480 e. The number of hydrogen-bond donors (Lipinski definition) is 1. The van der Waals surface area contributed by atoms with Gasteiger partial charge in [0.05, 0.1) is 11.3 Å². The van der Waals surface area contributed by atoms with Gasteiger partial charge in [-0.25, -0.2) is 4.79 Å². The molecule has 1 unspecified atom stereocenters. The number of likely N-dealkylation sites (N-methyl/N-ethyl adjacent to an activating group) is 1. The average Bonchev–Trinajstić information content (AvgIpc) is 2.26. The molecule has 0 spiro atoms. The third-order valence-corrected chi connectivity index (χ3v) is 2.63. The maximum Gasteiger partial charge on any atom is 0.326 e. The quantitative estimate of drug-likeness (QED) is 0.876. The Bertz CT molecular complexity index is 454. The molecule has 0 bridgehead atoms. The fourth-order valence-corrected chi connectivity index (χ4v) is 1.45. The summed E-state index contributed by atoms with van der Waals surface area (Å²) in [5, 5.41) is 18.3. The third kappa shape index (κ3) is 2.44. The van der Waals surface area contributed by atoms with Crippen molar-refractivity contribution in [1.29, 1.82) is 5.26 Å². The summed E-state index contributed by atoms with van der Waals surface area (Å²) in [6.45, 7) is 1.55. The van der Waals surface area contributed by atoms with Crippen LogP contribution in [0.3, 0.4) is 0 Å². The summed E-state index contributed by atoms with van der Waals surface area (Å²) in [7, 11) is 1.63. The SMILES string of the molecule is CC(C(=O)O)N(C)c1ccc(Cl)cc1C#N. The zero-order valence-corrected chi connectivity index (χ0v) is 9.69. The standard InChI is InChI=1S/C11H11ClN2O2/c1-7(11(15)16)14(2)10-4-3-9(12)5-8(10)6-13/h3-5,7H,1-2H3,(H,15,16). The van der Waals surface area contributed by atoms with Gasteiger partial charge in [0.1, 0.15) is 12.1 Å². The van der Waals surface area contributed by atoms with E-state index in [-0.39, 0.29) is 0 Å². The molecule has 16 heavy (non-hydrogen) atoms. The zero-order chi connectivity index (χ0) is 12.3. The number of carboxylic acids is 1. The number of carbonyl (C=O) groups is 1. The average molecular weight is 239 g/mol. The molecule has 84 valence electrons. The molecule has 1 N–H and O–H groups in total. The number of anilines is 1. The number of rotatable bonds is 3. The Morgan fingerprint density at radius 2 is 2.25 bits per heavy atom. The number of aliphatic carboxylic acids is 1. The van der Waals surface area contributed by atoms with Crippen LogP contribution in [-0.4, -0.2) is 24.2 Å². The number of halogens is 1. The lowest BCUT2D eigenvalue weighted by atomic mass is 10.1. The van der Waals surface area contributed by atoms with Gasteiger partial charge in [-0.3, -0.25) is 0 Å². The second-order valence-corrected chi connectivity index (χ2v) is 3.83. The first-order valence-electron chi connectivity index (χ1n) is 4.62. The minimum Gasteiger partial charge on any atom is -0.480 e. The summed E-state index contributed by atoms with van der Waals surface area (Å²) in [5.74, 6) is -0.943. The predicted molar refractivity (Wildman–Crippen MR) is 61.7 cm³/mol. The molecule has 0 aliphatic carbocycles. The van der Waals surface area contributed by atoms with Crippen molar-refractivity contribution in [3.63, 3.8) is 0 Å². The highest BCUT2D eigenvalue weighted by molar-refractivity contribution is 6.30. The number of carboxylic acid groups (broad SMARTS) is 1. The van der Waals surface area contributed by atoms with Crippen molar-refractivity contribution in [1.82, 2.24) is 0 Å². The van der Waals surface area contributed by atoms with E-state index in [1.807, 2.05) is 6.07 Å². The van der Waals surface area contributed by atoms with Crippen molar-refractivity contribution in [2.75, 3.05) is 11.9 Å². The van der Waals surface area contributed by atoms with E-state index < -0.39 is 12.0 Å². The van der Waals surface area contributed by atoms with Gasteiger partial charge >= 0.3 is 5.97 Å². The van der Waals surface area contributed by atoms with Gasteiger partial charge in [-0.05, 0) is 25.1 Å². The van der Waals surface area contributed by atoms with Crippen molar-refractivity contribution >= 4 is 23.3 Å². The predicted octanol–water partition coefficient (Wildman–Crippen LogP) is 2.12. The van der Waals surface area contributed by atoms with E-state index in [0.29, 0.717) is 16.3 Å². The molecule has 1 aromatic rings. The van der Waals surface area contributed by atoms with Gasteiger partial charge < -0.3 is 10.0 Å². The van der Waals surface area contributed by atoms with E-state index in [4.69, 9.17) is 22.0 Å². The maximum absolute atomic E-state index is 10.8. The number of benzene rings is 1. The third-order valence-electron chi connectivity index (χ3n) is 2.40. The van der Waals surface area contributed by atoms with Crippen LogP contribution in [0.1, 0.15) is 12.5 Å². The van der Waals surface area contributed by atoms with Crippen LogP contribution >= 0.6 is 11.6 Å². The molecule has 0 saturated heterocycles. The molecule has 0 saturated carbocycles. The van der Waals surface area contributed by atoms with Crippen LogP contribution in [0.25, 0.3) is 0 Å². The van der Waals surface area contributed by atoms with Gasteiger partial charge in [-0.1, -0.05) is 11.6 Å². The Hall–Kier alpha value is -1.73. The van der Waals surface area contributed by atoms with Gasteiger partial charge in [0.15, 0.2) is 0 Å². The first-order valence-corrected chi connectivity index (χ1v) is 5.00. The molecule has 0 aliphatic heterocycles. The monoisotopic (exact) mass is 238 g/mol. The van der Waals surface area contributed by atoms with Crippen LogP contribution in [0.2, 0.25) is 5.02 Å². The summed E-state index contributed by atoms with van der Waals surface area (Å²) in [6.07, 6.45) is 0. The van der Waals surface area contributed by atoms with E-state index in [1.165, 1.54) is 11.0 Å². The van der Waals surface area contributed by atoms with Crippen molar-refractivity contribution in [2.45, 2.75) is 13.0 Å². The smallest absolute Gasteiger partial charge is 0.326 e. The van der Waals surface area contributed by atoms with Crippen LogP contribution < -0.4 is 4.90 Å². The van der Waals surface area contributed by atoms with Crippen molar-refractivity contribution < 1.29 is 9.90 Å². The highest BCUT2D eigenvalue weighted by atomic mass is 35.5. The van der Waals surface area contributed by atoms with Crippen LogP contribution in [0, 0.1) is 11.3 Å². The van der Waals surface area contributed by atoms with E-state index in [0.717, 1.165) is 0 Å². The Balaban J connectivity index is 3.14. The molecular weight excluding hydrogens is 228 g/mol. The summed E-state index contributed by atoms with van der Waals surface area (Å²) in [4.78, 5) is 12.4. The summed E-state index contributed by atoms with van der Waals surface area (Å²) >= 11 is 5.76. The summed E-state index contributed by atoms with van der Waals surface area (Å²) < 4.78 is 0. The van der Waals surface area contributed by atoms with Gasteiger partial charge in [-0.15, -0.1) is 0 Å². The summed E-state index contributed by atoms with van der Waals surface area (Å²) in [5.41, 5.74) is 0.921. The fraction of sp³-hybridized carbons (Fsp3) is 0.273. The van der Waals surface area contributed by atoms with Crippen molar-refractivity contribution in [3.05, 3.63) is 28.8 Å². The molecule has 0 heterocycles. The first kappa shape index (κ1) is 12.3. The normalized spacial score (nSPS) is 11.6. The second kappa shape index (κ2) is 4.86. The topological polar surface area (TPSA) is 64.3 Å². The molecule has 5 heteroatoms. The Morgan fingerprint density at radius 1 is 1.62 bits per heavy atom. The lowest BCUT2D eigenvalue weighted by Crippen LogP contribution is -2.36. The lowest BCUT2D eigenvalue weighted by Gasteiger charge is -2.24. The molecule has 0 radical (unpaired) electrons. The number of nitriles is 1. The minimum absolute atomic E-state index is 0.364. The van der Waals surface area contributed by atoms with E-state index >= 15 is 0 Å². The molecule has 0 aliphatic rings.